The summed E-state index contributed by atoms with van der Waals surface area (Å²) in [5.74, 6) is -2.54. The molecule has 1 aliphatic rings. The average molecular weight is 163 g/mol. The molecule has 0 spiro atoms. The van der Waals surface area contributed by atoms with Crippen LogP contribution in [0.1, 0.15) is 32.6 Å². The van der Waals surface area contributed by atoms with Crippen LogP contribution >= 0.6 is 0 Å². The van der Waals surface area contributed by atoms with E-state index in [9.17, 15) is 8.78 Å². The molecule has 1 saturated carbocycles. The van der Waals surface area contributed by atoms with Crippen LogP contribution in [0.15, 0.2) is 0 Å². The van der Waals surface area contributed by atoms with Crippen LogP contribution in [-0.2, 0) is 0 Å². The van der Waals surface area contributed by atoms with Crippen LogP contribution in [0.2, 0.25) is 0 Å². The second-order valence-corrected chi connectivity index (χ2v) is 3.68. The van der Waals surface area contributed by atoms with Gasteiger partial charge in [0.05, 0.1) is 0 Å². The Kier molecular flexibility index (Phi) is 2.19. The van der Waals surface area contributed by atoms with Crippen molar-refractivity contribution in [2.45, 2.75) is 38.5 Å². The molecule has 1 nitrogen and oxygen atoms in total. The molecular formula is C8H15F2N. The first-order chi connectivity index (χ1) is 5.02. The van der Waals surface area contributed by atoms with Gasteiger partial charge in [0.1, 0.15) is 0 Å². The van der Waals surface area contributed by atoms with Crippen molar-refractivity contribution < 1.29 is 8.78 Å². The maximum Gasteiger partial charge on any atom is 0.254 e. The summed E-state index contributed by atoms with van der Waals surface area (Å²) in [4.78, 5) is 0. The SMILES string of the molecule is C[C@@]1(CN)CCCCC1(F)F. The fourth-order valence-corrected chi connectivity index (χ4v) is 1.60. The zero-order chi connectivity index (χ0) is 8.54. The molecule has 0 aliphatic heterocycles. The number of nitrogens with two attached hydrogens (primary N) is 1. The molecule has 0 bridgehead atoms. The van der Waals surface area contributed by atoms with Gasteiger partial charge in [-0.2, -0.15) is 0 Å². The van der Waals surface area contributed by atoms with Crippen LogP contribution in [0.5, 0.6) is 0 Å². The molecule has 0 aromatic heterocycles. The Morgan fingerprint density at radius 2 is 1.82 bits per heavy atom. The molecule has 0 amide bonds. The van der Waals surface area contributed by atoms with Crippen LogP contribution in [0.3, 0.4) is 0 Å². The van der Waals surface area contributed by atoms with Crippen LogP contribution in [0.4, 0.5) is 8.78 Å². The molecule has 1 aliphatic carbocycles. The number of hydrogen-bond acceptors (Lipinski definition) is 1. The van der Waals surface area contributed by atoms with Crippen LogP contribution in [-0.4, -0.2) is 12.5 Å². The number of alkyl halides is 2. The van der Waals surface area contributed by atoms with E-state index in [1.807, 2.05) is 0 Å². The zero-order valence-corrected chi connectivity index (χ0v) is 6.87. The lowest BCUT2D eigenvalue weighted by molar-refractivity contribution is -0.136. The smallest absolute Gasteiger partial charge is 0.254 e. The van der Waals surface area contributed by atoms with Gasteiger partial charge >= 0.3 is 0 Å². The van der Waals surface area contributed by atoms with Gasteiger partial charge in [-0.15, -0.1) is 0 Å². The summed E-state index contributed by atoms with van der Waals surface area (Å²) in [5.41, 5.74) is 4.39. The lowest BCUT2D eigenvalue weighted by Gasteiger charge is -2.40. The van der Waals surface area contributed by atoms with Crippen LogP contribution in [0, 0.1) is 5.41 Å². The summed E-state index contributed by atoms with van der Waals surface area (Å²) in [5, 5.41) is 0. The number of halogens is 2. The van der Waals surface area contributed by atoms with Gasteiger partial charge in [0.25, 0.3) is 5.92 Å². The van der Waals surface area contributed by atoms with Crippen molar-refractivity contribution in [1.82, 2.24) is 0 Å². The summed E-state index contributed by atoms with van der Waals surface area (Å²) in [7, 11) is 0. The number of hydrogen-bond donors (Lipinski definition) is 1. The molecule has 0 aromatic rings. The highest BCUT2D eigenvalue weighted by Gasteiger charge is 2.50. The fourth-order valence-electron chi connectivity index (χ4n) is 1.60. The highest BCUT2D eigenvalue weighted by Crippen LogP contribution is 2.46. The molecule has 1 rings (SSSR count). The second-order valence-electron chi connectivity index (χ2n) is 3.68. The standard InChI is InChI=1S/C8H15F2N/c1-7(6-11)4-2-3-5-8(7,9)10/h2-6,11H2,1H3/t7-/m0/s1. The van der Waals surface area contributed by atoms with Crippen molar-refractivity contribution >= 4 is 0 Å². The maximum atomic E-state index is 13.2. The average Bonchev–Trinajstić information content (AvgIpc) is 1.95. The van der Waals surface area contributed by atoms with E-state index in [4.69, 9.17) is 5.73 Å². The van der Waals surface area contributed by atoms with E-state index >= 15 is 0 Å². The second kappa shape index (κ2) is 2.70. The summed E-state index contributed by atoms with van der Waals surface area (Å²) in [6.07, 6.45) is 2.11. The predicted octanol–water partition coefficient (Wildman–Crippen LogP) is 2.16. The Balaban J connectivity index is 2.74. The largest absolute Gasteiger partial charge is 0.330 e. The fraction of sp³-hybridized carbons (Fsp3) is 1.00. The van der Waals surface area contributed by atoms with Crippen molar-refractivity contribution in [3.05, 3.63) is 0 Å². The molecule has 1 atom stereocenters. The Morgan fingerprint density at radius 1 is 1.27 bits per heavy atom. The first-order valence-corrected chi connectivity index (χ1v) is 4.10. The summed E-state index contributed by atoms with van der Waals surface area (Å²) < 4.78 is 26.3. The Hall–Kier alpha value is -0.180. The summed E-state index contributed by atoms with van der Waals surface area (Å²) in [6, 6.07) is 0. The van der Waals surface area contributed by atoms with E-state index in [-0.39, 0.29) is 13.0 Å². The maximum absolute atomic E-state index is 13.2. The van der Waals surface area contributed by atoms with Crippen molar-refractivity contribution in [1.29, 1.82) is 0 Å². The van der Waals surface area contributed by atoms with Gasteiger partial charge < -0.3 is 5.73 Å². The highest BCUT2D eigenvalue weighted by atomic mass is 19.3. The lowest BCUT2D eigenvalue weighted by Crippen LogP contribution is -2.46. The minimum Gasteiger partial charge on any atom is -0.330 e. The Labute approximate surface area is 66.0 Å². The molecule has 66 valence electrons. The van der Waals surface area contributed by atoms with E-state index in [0.717, 1.165) is 6.42 Å². The molecular weight excluding hydrogens is 148 g/mol. The van der Waals surface area contributed by atoms with Gasteiger partial charge in [-0.1, -0.05) is 13.3 Å². The monoisotopic (exact) mass is 163 g/mol. The van der Waals surface area contributed by atoms with E-state index in [1.54, 1.807) is 6.92 Å². The van der Waals surface area contributed by atoms with Gasteiger partial charge in [-0.3, -0.25) is 0 Å². The predicted molar refractivity (Wildman–Crippen MR) is 40.6 cm³/mol. The minimum atomic E-state index is -2.54. The molecule has 2 N–H and O–H groups in total. The van der Waals surface area contributed by atoms with E-state index < -0.39 is 11.3 Å². The lowest BCUT2D eigenvalue weighted by atomic mass is 9.72. The highest BCUT2D eigenvalue weighted by molar-refractivity contribution is 4.92. The number of rotatable bonds is 1. The van der Waals surface area contributed by atoms with E-state index in [1.165, 1.54) is 0 Å². The van der Waals surface area contributed by atoms with Gasteiger partial charge in [-0.05, 0) is 12.8 Å². The third-order valence-corrected chi connectivity index (χ3v) is 2.80. The Morgan fingerprint density at radius 3 is 2.18 bits per heavy atom. The topological polar surface area (TPSA) is 26.0 Å². The summed E-state index contributed by atoms with van der Waals surface area (Å²) in [6.45, 7) is 1.69. The summed E-state index contributed by atoms with van der Waals surface area (Å²) >= 11 is 0. The molecule has 0 aromatic carbocycles. The van der Waals surface area contributed by atoms with Crippen molar-refractivity contribution in [3.8, 4) is 0 Å². The third-order valence-electron chi connectivity index (χ3n) is 2.80. The van der Waals surface area contributed by atoms with E-state index in [2.05, 4.69) is 0 Å². The minimum absolute atomic E-state index is 0.0146. The van der Waals surface area contributed by atoms with Gasteiger partial charge in [0.15, 0.2) is 0 Å². The molecule has 3 heteroatoms. The normalized spacial score (nSPS) is 37.1. The van der Waals surface area contributed by atoms with Crippen molar-refractivity contribution in [3.63, 3.8) is 0 Å². The molecule has 0 heterocycles. The molecule has 0 radical (unpaired) electrons. The van der Waals surface area contributed by atoms with Crippen LogP contribution in [0.25, 0.3) is 0 Å². The van der Waals surface area contributed by atoms with Crippen molar-refractivity contribution in [2.24, 2.45) is 11.1 Å². The van der Waals surface area contributed by atoms with Gasteiger partial charge in [0.2, 0.25) is 0 Å². The van der Waals surface area contributed by atoms with E-state index in [0.29, 0.717) is 12.8 Å². The molecule has 0 saturated heterocycles. The molecule has 11 heavy (non-hydrogen) atoms. The van der Waals surface area contributed by atoms with Gasteiger partial charge in [-0.25, -0.2) is 8.78 Å². The molecule has 1 fully saturated rings. The third kappa shape index (κ3) is 1.39. The van der Waals surface area contributed by atoms with Gasteiger partial charge in [0, 0.05) is 18.4 Å². The zero-order valence-electron chi connectivity index (χ0n) is 6.87. The van der Waals surface area contributed by atoms with Crippen molar-refractivity contribution in [2.75, 3.05) is 6.54 Å². The first-order valence-electron chi connectivity index (χ1n) is 4.10. The quantitative estimate of drug-likeness (QED) is 0.629. The van der Waals surface area contributed by atoms with Crippen LogP contribution < -0.4 is 5.73 Å². The molecule has 0 unspecified atom stereocenters. The first kappa shape index (κ1) is 8.91. The Bertz CT molecular complexity index is 147.